The van der Waals surface area contributed by atoms with E-state index in [0.717, 1.165) is 44.9 Å². The number of nitrogens with one attached hydrogen (secondary N) is 1. The molecule has 0 aliphatic heterocycles. The van der Waals surface area contributed by atoms with E-state index in [4.69, 9.17) is 9.84 Å². The van der Waals surface area contributed by atoms with E-state index >= 15 is 0 Å². The SMILES string of the molecule is O=C(O)CCCCCCCCCCC(=O)NCCOCCC(=O)Oc1c(F)c(F)c(F)c(F)c1F. The highest BCUT2D eigenvalue weighted by molar-refractivity contribution is 5.75. The van der Waals surface area contributed by atoms with Crippen LogP contribution in [0, 0.1) is 29.1 Å². The highest BCUT2D eigenvalue weighted by Crippen LogP contribution is 2.29. The monoisotopic (exact) mass is 511 g/mol. The Morgan fingerprint density at radius 1 is 0.657 bits per heavy atom. The first-order valence-corrected chi connectivity index (χ1v) is 11.4. The van der Waals surface area contributed by atoms with Gasteiger partial charge in [-0.1, -0.05) is 38.5 Å². The Hall–Kier alpha value is -2.76. The molecule has 1 amide bonds. The molecule has 0 heterocycles. The fraction of sp³-hybridized carbons (Fsp3) is 0.609. The smallest absolute Gasteiger partial charge is 0.313 e. The predicted octanol–water partition coefficient (Wildman–Crippen LogP) is 4.80. The molecular weight excluding hydrogens is 481 g/mol. The van der Waals surface area contributed by atoms with Crippen molar-refractivity contribution in [1.82, 2.24) is 5.32 Å². The summed E-state index contributed by atoms with van der Waals surface area (Å²) >= 11 is 0. The van der Waals surface area contributed by atoms with Crippen molar-refractivity contribution in [2.45, 2.75) is 70.6 Å². The highest BCUT2D eigenvalue weighted by Gasteiger charge is 2.28. The van der Waals surface area contributed by atoms with Gasteiger partial charge in [0, 0.05) is 19.4 Å². The molecule has 0 atom stereocenters. The van der Waals surface area contributed by atoms with Crippen LogP contribution in [0.5, 0.6) is 5.75 Å². The molecule has 7 nitrogen and oxygen atoms in total. The van der Waals surface area contributed by atoms with Crippen LogP contribution < -0.4 is 10.1 Å². The number of amides is 1. The normalized spacial score (nSPS) is 10.9. The summed E-state index contributed by atoms with van der Waals surface area (Å²) < 4.78 is 75.4. The van der Waals surface area contributed by atoms with Crippen molar-refractivity contribution in [3.05, 3.63) is 29.1 Å². The Morgan fingerprint density at radius 2 is 1.14 bits per heavy atom. The molecule has 0 unspecified atom stereocenters. The number of carboxylic acids is 1. The van der Waals surface area contributed by atoms with E-state index in [9.17, 15) is 36.3 Å². The summed E-state index contributed by atoms with van der Waals surface area (Å²) in [4.78, 5) is 33.7. The molecular formula is C23H30F5NO6. The molecule has 0 saturated heterocycles. The average Bonchev–Trinajstić information content (AvgIpc) is 2.82. The second-order valence-electron chi connectivity index (χ2n) is 7.81. The quantitative estimate of drug-likeness (QED) is 0.0734. The molecule has 35 heavy (non-hydrogen) atoms. The Balaban J connectivity index is 2.05. The van der Waals surface area contributed by atoms with Crippen molar-refractivity contribution in [1.29, 1.82) is 0 Å². The summed E-state index contributed by atoms with van der Waals surface area (Å²) in [5.74, 6) is -15.1. The van der Waals surface area contributed by atoms with Crippen LogP contribution in [-0.4, -0.2) is 42.7 Å². The number of hydrogen-bond donors (Lipinski definition) is 2. The van der Waals surface area contributed by atoms with Gasteiger partial charge in [0.05, 0.1) is 19.6 Å². The van der Waals surface area contributed by atoms with Gasteiger partial charge in [0.25, 0.3) is 0 Å². The second-order valence-corrected chi connectivity index (χ2v) is 7.81. The van der Waals surface area contributed by atoms with Crippen LogP contribution in [0.15, 0.2) is 0 Å². The average molecular weight is 511 g/mol. The fourth-order valence-electron chi connectivity index (χ4n) is 3.07. The molecule has 0 fully saturated rings. The first-order chi connectivity index (χ1) is 16.6. The van der Waals surface area contributed by atoms with Crippen molar-refractivity contribution >= 4 is 17.8 Å². The zero-order chi connectivity index (χ0) is 26.2. The van der Waals surface area contributed by atoms with Crippen LogP contribution in [-0.2, 0) is 19.1 Å². The van der Waals surface area contributed by atoms with Crippen molar-refractivity contribution < 1.29 is 50.9 Å². The molecule has 0 aromatic heterocycles. The van der Waals surface area contributed by atoms with Gasteiger partial charge in [-0.05, 0) is 12.8 Å². The minimum atomic E-state index is -2.35. The summed E-state index contributed by atoms with van der Waals surface area (Å²) in [6.07, 6.45) is 7.37. The van der Waals surface area contributed by atoms with Crippen LogP contribution in [0.4, 0.5) is 22.0 Å². The lowest BCUT2D eigenvalue weighted by molar-refractivity contribution is -0.137. The number of benzene rings is 1. The van der Waals surface area contributed by atoms with Crippen LogP contribution in [0.25, 0.3) is 0 Å². The van der Waals surface area contributed by atoms with Gasteiger partial charge >= 0.3 is 11.9 Å². The van der Waals surface area contributed by atoms with E-state index in [2.05, 4.69) is 10.1 Å². The van der Waals surface area contributed by atoms with E-state index < -0.39 is 53.2 Å². The fourth-order valence-corrected chi connectivity index (χ4v) is 3.07. The molecule has 0 aliphatic carbocycles. The minimum absolute atomic E-state index is 0.0451. The minimum Gasteiger partial charge on any atom is -0.481 e. The number of halogens is 5. The lowest BCUT2D eigenvalue weighted by atomic mass is 10.1. The molecule has 0 spiro atoms. The number of aliphatic carboxylic acids is 1. The van der Waals surface area contributed by atoms with Gasteiger partial charge in [-0.3, -0.25) is 14.4 Å². The largest absolute Gasteiger partial charge is 0.481 e. The zero-order valence-electron chi connectivity index (χ0n) is 19.3. The number of esters is 1. The van der Waals surface area contributed by atoms with Gasteiger partial charge in [-0.15, -0.1) is 0 Å². The second kappa shape index (κ2) is 16.8. The standard InChI is InChI=1S/C23H30F5NO6/c24-18-19(25)21(27)23(22(28)20(18)26)35-17(33)11-13-34-14-12-29-15(30)9-7-5-3-1-2-4-6-8-10-16(31)32/h1-14H2,(H,29,30)(H,31,32). The molecule has 2 N–H and O–H groups in total. The van der Waals surface area contributed by atoms with Gasteiger partial charge < -0.3 is 19.9 Å². The number of unbranched alkanes of at least 4 members (excludes halogenated alkanes) is 7. The van der Waals surface area contributed by atoms with Gasteiger partial charge in [0.15, 0.2) is 0 Å². The Kier molecular flexibility index (Phi) is 14.5. The third-order valence-corrected chi connectivity index (χ3v) is 4.95. The predicted molar refractivity (Wildman–Crippen MR) is 114 cm³/mol. The lowest BCUT2D eigenvalue weighted by Crippen LogP contribution is -2.27. The third-order valence-electron chi connectivity index (χ3n) is 4.95. The van der Waals surface area contributed by atoms with E-state index in [0.29, 0.717) is 12.8 Å². The number of hydrogen-bond acceptors (Lipinski definition) is 5. The maximum Gasteiger partial charge on any atom is 0.313 e. The van der Waals surface area contributed by atoms with Crippen LogP contribution in [0.2, 0.25) is 0 Å². The highest BCUT2D eigenvalue weighted by atomic mass is 19.2. The van der Waals surface area contributed by atoms with Gasteiger partial charge in [0.2, 0.25) is 40.7 Å². The topological polar surface area (TPSA) is 102 Å². The Bertz CT molecular complexity index is 823. The van der Waals surface area contributed by atoms with Gasteiger partial charge in [-0.2, -0.15) is 8.78 Å². The molecule has 0 saturated carbocycles. The van der Waals surface area contributed by atoms with E-state index in [-0.39, 0.29) is 32.1 Å². The molecule has 1 aromatic carbocycles. The zero-order valence-corrected chi connectivity index (χ0v) is 19.3. The molecule has 12 heteroatoms. The molecule has 1 rings (SSSR count). The first-order valence-electron chi connectivity index (χ1n) is 11.4. The number of ether oxygens (including phenoxy) is 2. The van der Waals surface area contributed by atoms with Crippen LogP contribution in [0.3, 0.4) is 0 Å². The number of rotatable bonds is 18. The van der Waals surface area contributed by atoms with Crippen molar-refractivity contribution in [2.24, 2.45) is 0 Å². The van der Waals surface area contributed by atoms with Crippen molar-refractivity contribution in [3.63, 3.8) is 0 Å². The number of carboxylic acid groups (broad SMARTS) is 1. The van der Waals surface area contributed by atoms with E-state index in [1.807, 2.05) is 0 Å². The molecule has 0 aliphatic rings. The first kappa shape index (κ1) is 30.3. The van der Waals surface area contributed by atoms with E-state index in [1.54, 1.807) is 0 Å². The molecule has 0 bridgehead atoms. The van der Waals surface area contributed by atoms with Crippen LogP contribution >= 0.6 is 0 Å². The molecule has 0 radical (unpaired) electrons. The summed E-state index contributed by atoms with van der Waals surface area (Å²) in [6, 6.07) is 0. The van der Waals surface area contributed by atoms with Crippen LogP contribution in [0.1, 0.15) is 70.6 Å². The third kappa shape index (κ3) is 12.0. The number of carbonyl (C=O) groups excluding carboxylic acids is 2. The van der Waals surface area contributed by atoms with E-state index in [1.165, 1.54) is 0 Å². The Morgan fingerprint density at radius 3 is 1.69 bits per heavy atom. The maximum absolute atomic E-state index is 13.5. The lowest BCUT2D eigenvalue weighted by Gasteiger charge is -2.09. The summed E-state index contributed by atoms with van der Waals surface area (Å²) in [5.41, 5.74) is 0. The van der Waals surface area contributed by atoms with Crippen molar-refractivity contribution in [3.8, 4) is 5.75 Å². The van der Waals surface area contributed by atoms with Gasteiger partial charge in [0.1, 0.15) is 0 Å². The van der Waals surface area contributed by atoms with Gasteiger partial charge in [-0.25, -0.2) is 13.2 Å². The number of carbonyl (C=O) groups is 3. The molecule has 198 valence electrons. The summed E-state index contributed by atoms with van der Waals surface area (Å²) in [7, 11) is 0. The Labute approximate surface area is 200 Å². The van der Waals surface area contributed by atoms with Crippen molar-refractivity contribution in [2.75, 3.05) is 19.8 Å². The maximum atomic E-state index is 13.5. The molecule has 1 aromatic rings. The summed E-state index contributed by atoms with van der Waals surface area (Å²) in [6.45, 7) is -0.0360. The summed E-state index contributed by atoms with van der Waals surface area (Å²) in [5, 5.41) is 11.2.